The van der Waals surface area contributed by atoms with Crippen LogP contribution in [-0.4, -0.2) is 27.8 Å². The number of hydrogen-bond donors (Lipinski definition) is 0. The Labute approximate surface area is 173 Å². The van der Waals surface area contributed by atoms with E-state index in [0.717, 1.165) is 24.2 Å². The first-order chi connectivity index (χ1) is 14.1. The third-order valence-electron chi connectivity index (χ3n) is 4.75. The molecule has 6 nitrogen and oxygen atoms in total. The van der Waals surface area contributed by atoms with Crippen molar-refractivity contribution in [3.8, 4) is 11.5 Å². The molecule has 3 aromatic rings. The molecule has 0 N–H and O–H groups in total. The van der Waals surface area contributed by atoms with Gasteiger partial charge >= 0.3 is 0 Å². The van der Waals surface area contributed by atoms with Gasteiger partial charge in [-0.3, -0.25) is 4.90 Å². The molecule has 1 aliphatic carbocycles. The van der Waals surface area contributed by atoms with Gasteiger partial charge in [0.2, 0.25) is 0 Å². The van der Waals surface area contributed by atoms with Crippen molar-refractivity contribution in [3.63, 3.8) is 0 Å². The number of hydrogen-bond acceptors (Lipinski definition) is 6. The van der Waals surface area contributed by atoms with E-state index < -0.39 is 0 Å². The molecule has 0 spiro atoms. The Balaban J connectivity index is 1.39. The minimum Gasteiger partial charge on any atom is -0.497 e. The smallest absolute Gasteiger partial charge is 0.288 e. The standard InChI is InChI=1S/C21H22FN3O3S/c1-26-18-8-10-19(11-9-18)27-13-20-23-25(21(29)28-20)14-24(17-6-7-17)12-15-2-4-16(22)5-3-15/h2-5,8-11,17H,6-7,12-14H2,1H3. The summed E-state index contributed by atoms with van der Waals surface area (Å²) in [5.41, 5.74) is 1.05. The highest BCUT2D eigenvalue weighted by molar-refractivity contribution is 7.71. The van der Waals surface area contributed by atoms with Crippen molar-refractivity contribution in [2.24, 2.45) is 0 Å². The van der Waals surface area contributed by atoms with E-state index in [2.05, 4.69) is 10.00 Å². The Kier molecular flexibility index (Phi) is 5.92. The van der Waals surface area contributed by atoms with Gasteiger partial charge < -0.3 is 13.9 Å². The number of aromatic nitrogens is 2. The van der Waals surface area contributed by atoms with Crippen molar-refractivity contribution >= 4 is 12.2 Å². The monoisotopic (exact) mass is 415 g/mol. The van der Waals surface area contributed by atoms with Crippen molar-refractivity contribution in [3.05, 3.63) is 70.6 Å². The van der Waals surface area contributed by atoms with Crippen LogP contribution >= 0.6 is 12.2 Å². The summed E-state index contributed by atoms with van der Waals surface area (Å²) >= 11 is 5.33. The predicted octanol–water partition coefficient (Wildman–Crippen LogP) is 4.55. The summed E-state index contributed by atoms with van der Waals surface area (Å²) in [6.45, 7) is 1.41. The zero-order chi connectivity index (χ0) is 20.2. The first-order valence-electron chi connectivity index (χ1n) is 9.43. The lowest BCUT2D eigenvalue weighted by Crippen LogP contribution is -2.29. The second kappa shape index (κ2) is 8.75. The van der Waals surface area contributed by atoms with Gasteiger partial charge in [0.05, 0.1) is 13.8 Å². The predicted molar refractivity (Wildman–Crippen MR) is 108 cm³/mol. The zero-order valence-electron chi connectivity index (χ0n) is 16.1. The molecule has 1 aromatic heterocycles. The van der Waals surface area contributed by atoms with Crippen LogP contribution in [0.25, 0.3) is 0 Å². The highest BCUT2D eigenvalue weighted by Gasteiger charge is 2.29. The van der Waals surface area contributed by atoms with E-state index in [1.165, 1.54) is 12.1 Å². The zero-order valence-corrected chi connectivity index (χ0v) is 16.9. The fourth-order valence-corrected chi connectivity index (χ4v) is 3.24. The van der Waals surface area contributed by atoms with E-state index in [1.54, 1.807) is 23.9 Å². The Morgan fingerprint density at radius 1 is 1.14 bits per heavy atom. The SMILES string of the molecule is COc1ccc(OCc2nn(CN(Cc3ccc(F)cc3)C3CC3)c(=S)o2)cc1. The molecule has 0 atom stereocenters. The molecule has 0 amide bonds. The maximum absolute atomic E-state index is 13.2. The molecule has 29 heavy (non-hydrogen) atoms. The molecule has 152 valence electrons. The quantitative estimate of drug-likeness (QED) is 0.478. The van der Waals surface area contributed by atoms with E-state index in [-0.39, 0.29) is 12.4 Å². The fraction of sp³-hybridized carbons (Fsp3) is 0.333. The lowest BCUT2D eigenvalue weighted by Gasteiger charge is -2.21. The summed E-state index contributed by atoms with van der Waals surface area (Å²) < 4.78 is 31.3. The minimum atomic E-state index is -0.230. The number of ether oxygens (including phenoxy) is 2. The molecule has 1 saturated carbocycles. The van der Waals surface area contributed by atoms with Crippen LogP contribution in [0.15, 0.2) is 52.9 Å². The summed E-state index contributed by atoms with van der Waals surface area (Å²) in [5, 5.41) is 4.46. The van der Waals surface area contributed by atoms with Crippen LogP contribution in [0.5, 0.6) is 11.5 Å². The summed E-state index contributed by atoms with van der Waals surface area (Å²) in [6, 6.07) is 14.4. The van der Waals surface area contributed by atoms with Crippen LogP contribution in [-0.2, 0) is 19.8 Å². The van der Waals surface area contributed by atoms with Gasteiger partial charge in [-0.15, -0.1) is 5.10 Å². The van der Waals surface area contributed by atoms with E-state index in [4.69, 9.17) is 26.1 Å². The number of nitrogens with zero attached hydrogens (tertiary/aromatic N) is 3. The molecule has 0 bridgehead atoms. The molecular weight excluding hydrogens is 393 g/mol. The average molecular weight is 415 g/mol. The van der Waals surface area contributed by atoms with Gasteiger partial charge in [0.1, 0.15) is 17.3 Å². The fourth-order valence-electron chi connectivity index (χ4n) is 3.04. The molecule has 1 heterocycles. The lowest BCUT2D eigenvalue weighted by molar-refractivity contribution is 0.184. The molecule has 0 unspecified atom stereocenters. The summed E-state index contributed by atoms with van der Waals surface area (Å²) in [7, 11) is 1.62. The summed E-state index contributed by atoms with van der Waals surface area (Å²) in [6.07, 6.45) is 2.28. The molecule has 1 fully saturated rings. The van der Waals surface area contributed by atoms with Gasteiger partial charge in [0, 0.05) is 12.6 Å². The van der Waals surface area contributed by atoms with Gasteiger partial charge in [-0.25, -0.2) is 9.07 Å². The second-order valence-corrected chi connectivity index (χ2v) is 7.32. The topological polar surface area (TPSA) is 52.7 Å². The van der Waals surface area contributed by atoms with Gasteiger partial charge in [0.25, 0.3) is 10.7 Å². The molecule has 0 radical (unpaired) electrons. The van der Waals surface area contributed by atoms with Gasteiger partial charge in [-0.2, -0.15) is 0 Å². The largest absolute Gasteiger partial charge is 0.497 e. The summed E-state index contributed by atoms with van der Waals surface area (Å²) in [4.78, 5) is 2.59. The number of benzene rings is 2. The molecule has 4 rings (SSSR count). The average Bonchev–Trinajstić information content (AvgIpc) is 3.52. The van der Waals surface area contributed by atoms with Crippen molar-refractivity contribution < 1.29 is 18.3 Å². The third-order valence-corrected chi connectivity index (χ3v) is 5.04. The first kappa shape index (κ1) is 19.6. The Hall–Kier alpha value is -2.71. The number of halogens is 1. The van der Waals surface area contributed by atoms with Crippen molar-refractivity contribution in [2.75, 3.05) is 7.11 Å². The van der Waals surface area contributed by atoms with Crippen LogP contribution in [0, 0.1) is 10.7 Å². The Morgan fingerprint density at radius 3 is 2.48 bits per heavy atom. The van der Waals surface area contributed by atoms with Crippen LogP contribution < -0.4 is 9.47 Å². The van der Waals surface area contributed by atoms with E-state index in [1.807, 2.05) is 24.3 Å². The molecule has 2 aromatic carbocycles. The molecule has 0 saturated heterocycles. The van der Waals surface area contributed by atoms with Crippen LogP contribution in [0.1, 0.15) is 24.3 Å². The normalized spacial score (nSPS) is 13.6. The maximum Gasteiger partial charge on any atom is 0.288 e. The van der Waals surface area contributed by atoms with Crippen LogP contribution in [0.3, 0.4) is 0 Å². The highest BCUT2D eigenvalue weighted by Crippen LogP contribution is 2.29. The number of methoxy groups -OCH3 is 1. The molecular formula is C21H22FN3O3S. The van der Waals surface area contributed by atoms with Gasteiger partial charge in [-0.1, -0.05) is 12.1 Å². The van der Waals surface area contributed by atoms with Crippen molar-refractivity contribution in [2.45, 2.75) is 38.7 Å². The Bertz CT molecular complexity index is 997. The molecule has 0 aliphatic heterocycles. The minimum absolute atomic E-state index is 0.185. The number of rotatable bonds is 9. The van der Waals surface area contributed by atoms with Crippen molar-refractivity contribution in [1.82, 2.24) is 14.7 Å². The van der Waals surface area contributed by atoms with E-state index >= 15 is 0 Å². The third kappa shape index (κ3) is 5.21. The highest BCUT2D eigenvalue weighted by atomic mass is 32.1. The Morgan fingerprint density at radius 2 is 1.83 bits per heavy atom. The lowest BCUT2D eigenvalue weighted by atomic mass is 10.2. The van der Waals surface area contributed by atoms with Crippen LogP contribution in [0.2, 0.25) is 0 Å². The summed E-state index contributed by atoms with van der Waals surface area (Å²) in [5.74, 6) is 1.65. The van der Waals surface area contributed by atoms with E-state index in [0.29, 0.717) is 35.7 Å². The van der Waals surface area contributed by atoms with Gasteiger partial charge in [-0.05, 0) is 67.0 Å². The molecule has 1 aliphatic rings. The second-order valence-electron chi connectivity index (χ2n) is 6.97. The first-order valence-corrected chi connectivity index (χ1v) is 9.84. The maximum atomic E-state index is 13.2. The van der Waals surface area contributed by atoms with Gasteiger partial charge in [0.15, 0.2) is 6.61 Å². The van der Waals surface area contributed by atoms with Crippen molar-refractivity contribution in [1.29, 1.82) is 0 Å². The molecule has 8 heteroatoms. The van der Waals surface area contributed by atoms with E-state index in [9.17, 15) is 4.39 Å². The van der Waals surface area contributed by atoms with Crippen LogP contribution in [0.4, 0.5) is 4.39 Å².